The number of likely N-dealkylation sites (tertiary alicyclic amines) is 2. The van der Waals surface area contributed by atoms with E-state index < -0.39 is 0 Å². The molecule has 0 bridgehead atoms. The Morgan fingerprint density at radius 2 is 1.88 bits per heavy atom. The van der Waals surface area contributed by atoms with E-state index in [4.69, 9.17) is 9.47 Å². The predicted octanol–water partition coefficient (Wildman–Crippen LogP) is 2.61. The van der Waals surface area contributed by atoms with Crippen LogP contribution in [0.1, 0.15) is 22.8 Å². The molecular formula is C29H30N10O3. The van der Waals surface area contributed by atoms with Crippen molar-refractivity contribution in [1.82, 2.24) is 40.0 Å². The summed E-state index contributed by atoms with van der Waals surface area (Å²) >= 11 is 0. The summed E-state index contributed by atoms with van der Waals surface area (Å²) in [7, 11) is 3.67. The highest BCUT2D eigenvalue weighted by Gasteiger charge is 2.51. The third-order valence-corrected chi connectivity index (χ3v) is 7.50. The maximum absolute atomic E-state index is 13.0. The third-order valence-electron chi connectivity index (χ3n) is 7.50. The molecule has 2 aromatic heterocycles. The van der Waals surface area contributed by atoms with Crippen LogP contribution < -0.4 is 14.8 Å². The maximum Gasteiger partial charge on any atom is 0.254 e. The van der Waals surface area contributed by atoms with Crippen LogP contribution in [0.5, 0.6) is 11.5 Å². The molecule has 1 spiro atoms. The summed E-state index contributed by atoms with van der Waals surface area (Å²) in [6.45, 7) is 6.00. The number of ether oxygens (including phenoxy) is 2. The molecule has 0 radical (unpaired) electrons. The van der Waals surface area contributed by atoms with Gasteiger partial charge in [-0.2, -0.15) is 5.26 Å². The highest BCUT2D eigenvalue weighted by molar-refractivity contribution is 5.96. The number of nitriles is 1. The number of nitrogens with one attached hydrogen (secondary N) is 1. The zero-order valence-corrected chi connectivity index (χ0v) is 23.6. The molecule has 0 saturated carbocycles. The first kappa shape index (κ1) is 27.1. The Bertz CT molecular complexity index is 1620. The number of hydrogen-bond donors (Lipinski definition) is 1. The largest absolute Gasteiger partial charge is 0.495 e. The van der Waals surface area contributed by atoms with E-state index in [-0.39, 0.29) is 17.4 Å². The van der Waals surface area contributed by atoms with Gasteiger partial charge in [0.25, 0.3) is 5.91 Å². The number of hydrogen-bond acceptors (Lipinski definition) is 11. The molecular weight excluding hydrogens is 536 g/mol. The second kappa shape index (κ2) is 11.1. The van der Waals surface area contributed by atoms with Crippen molar-refractivity contribution in [2.24, 2.45) is 5.41 Å². The fourth-order valence-corrected chi connectivity index (χ4v) is 5.65. The van der Waals surface area contributed by atoms with Crippen LogP contribution in [0.25, 0.3) is 11.1 Å². The van der Waals surface area contributed by atoms with Gasteiger partial charge in [0.2, 0.25) is 5.95 Å². The lowest BCUT2D eigenvalue weighted by molar-refractivity contribution is -0.0872. The summed E-state index contributed by atoms with van der Waals surface area (Å²) < 4.78 is 13.2. The lowest BCUT2D eigenvalue weighted by Crippen LogP contribution is -2.72. The number of tetrazole rings is 1. The maximum atomic E-state index is 13.0. The number of anilines is 2. The van der Waals surface area contributed by atoms with Gasteiger partial charge in [-0.05, 0) is 60.3 Å². The summed E-state index contributed by atoms with van der Waals surface area (Å²) in [5.41, 5.74) is 3.48. The van der Waals surface area contributed by atoms with E-state index >= 15 is 0 Å². The van der Waals surface area contributed by atoms with Gasteiger partial charge in [-0.3, -0.25) is 4.79 Å². The van der Waals surface area contributed by atoms with Gasteiger partial charge in [-0.15, -0.1) is 5.10 Å². The highest BCUT2D eigenvalue weighted by atomic mass is 16.5. The summed E-state index contributed by atoms with van der Waals surface area (Å²) in [4.78, 5) is 26.1. The van der Waals surface area contributed by atoms with Gasteiger partial charge < -0.3 is 24.6 Å². The van der Waals surface area contributed by atoms with Crippen LogP contribution in [0.15, 0.2) is 55.1 Å². The molecule has 13 heteroatoms. The quantitative estimate of drug-likeness (QED) is 0.319. The molecule has 0 unspecified atom stereocenters. The van der Waals surface area contributed by atoms with Crippen molar-refractivity contribution in [3.05, 3.63) is 66.2 Å². The molecule has 214 valence electrons. The fraction of sp³-hybridized carbons (Fsp3) is 0.345. The minimum Gasteiger partial charge on any atom is -0.495 e. The van der Waals surface area contributed by atoms with Crippen LogP contribution in [0.2, 0.25) is 0 Å². The molecule has 2 fully saturated rings. The van der Waals surface area contributed by atoms with Crippen molar-refractivity contribution >= 4 is 17.5 Å². The first-order chi connectivity index (χ1) is 20.3. The summed E-state index contributed by atoms with van der Waals surface area (Å²) in [5.74, 6) is 1.36. The van der Waals surface area contributed by atoms with Gasteiger partial charge in [0.15, 0.2) is 0 Å². The van der Waals surface area contributed by atoms with Crippen molar-refractivity contribution in [1.29, 1.82) is 5.26 Å². The normalized spacial score (nSPS) is 16.2. The molecule has 4 heterocycles. The number of methoxy groups -OCH3 is 1. The van der Waals surface area contributed by atoms with Gasteiger partial charge in [-0.1, -0.05) is 6.07 Å². The monoisotopic (exact) mass is 566 g/mol. The van der Waals surface area contributed by atoms with Gasteiger partial charge in [0.05, 0.1) is 24.9 Å². The Hall–Kier alpha value is -5.09. The zero-order valence-electron chi connectivity index (χ0n) is 23.6. The van der Waals surface area contributed by atoms with Gasteiger partial charge >= 0.3 is 0 Å². The van der Waals surface area contributed by atoms with Crippen LogP contribution in [0, 0.1) is 16.7 Å². The average Bonchev–Trinajstić information content (AvgIpc) is 3.47. The summed E-state index contributed by atoms with van der Waals surface area (Å²) in [6.07, 6.45) is 4.61. The molecule has 0 aliphatic carbocycles. The molecule has 2 aromatic carbocycles. The van der Waals surface area contributed by atoms with Crippen LogP contribution in [0.4, 0.5) is 11.6 Å². The van der Waals surface area contributed by atoms with Crippen molar-refractivity contribution in [3.8, 4) is 28.7 Å². The van der Waals surface area contributed by atoms with E-state index in [0.29, 0.717) is 40.8 Å². The predicted molar refractivity (Wildman–Crippen MR) is 152 cm³/mol. The smallest absolute Gasteiger partial charge is 0.254 e. The SMILES string of the molecule is COc1cc(C(=O)N2CC3(CN(C)C3)C2)ccc1Nc1ncc(-c2ccc(C#N)c(O[C@@H](C)Cn3cnnn3)c2)cn1. The van der Waals surface area contributed by atoms with Gasteiger partial charge in [-0.25, -0.2) is 14.6 Å². The Labute approximate surface area is 242 Å². The van der Waals surface area contributed by atoms with E-state index in [2.05, 4.69) is 48.8 Å². The van der Waals surface area contributed by atoms with Gasteiger partial charge in [0, 0.05) is 55.1 Å². The standard InChI is InChI=1S/C29H30N10O3/c1-19(13-39-18-33-35-36-39)42-25-8-20(4-5-22(25)10-30)23-11-31-28(32-12-23)34-24-7-6-21(9-26(24)41-3)27(40)38-16-29(17-38)14-37(2)15-29/h4-9,11-12,18-19H,13-17H2,1-3H3,(H,31,32,34)/t19-/m0/s1. The molecule has 6 rings (SSSR count). The van der Waals surface area contributed by atoms with Crippen LogP contribution in [-0.4, -0.2) is 92.3 Å². The molecule has 1 atom stereocenters. The lowest BCUT2D eigenvalue weighted by atomic mass is 9.73. The molecule has 1 amide bonds. The van der Waals surface area contributed by atoms with Crippen molar-refractivity contribution in [3.63, 3.8) is 0 Å². The van der Waals surface area contributed by atoms with Crippen molar-refractivity contribution < 1.29 is 14.3 Å². The number of carbonyl (C=O) groups is 1. The minimum atomic E-state index is -0.275. The Kier molecular flexibility index (Phi) is 7.13. The molecule has 2 saturated heterocycles. The van der Waals surface area contributed by atoms with Crippen LogP contribution >= 0.6 is 0 Å². The molecule has 1 N–H and O–H groups in total. The average molecular weight is 567 g/mol. The van der Waals surface area contributed by atoms with Crippen molar-refractivity contribution in [2.45, 2.75) is 19.6 Å². The number of aromatic nitrogens is 6. The summed E-state index contributed by atoms with van der Waals surface area (Å²) in [5, 5.41) is 23.9. The lowest BCUT2D eigenvalue weighted by Gasteiger charge is -2.59. The summed E-state index contributed by atoms with van der Waals surface area (Å²) in [6, 6.07) is 12.8. The van der Waals surface area contributed by atoms with E-state index in [9.17, 15) is 10.1 Å². The Balaban J connectivity index is 1.12. The van der Waals surface area contributed by atoms with E-state index in [0.717, 1.165) is 37.3 Å². The molecule has 13 nitrogen and oxygen atoms in total. The number of carbonyl (C=O) groups excluding carboxylic acids is 1. The molecule has 2 aliphatic rings. The third kappa shape index (κ3) is 5.44. The van der Waals surface area contributed by atoms with E-state index in [1.54, 1.807) is 54.5 Å². The van der Waals surface area contributed by atoms with Crippen molar-refractivity contribution in [2.75, 3.05) is 45.7 Å². The Morgan fingerprint density at radius 1 is 1.10 bits per heavy atom. The van der Waals surface area contributed by atoms with Crippen LogP contribution in [-0.2, 0) is 6.54 Å². The molecule has 2 aliphatic heterocycles. The highest BCUT2D eigenvalue weighted by Crippen LogP contribution is 2.40. The van der Waals surface area contributed by atoms with Gasteiger partial charge in [0.1, 0.15) is 30.0 Å². The fourth-order valence-electron chi connectivity index (χ4n) is 5.65. The minimum absolute atomic E-state index is 0.0104. The van der Waals surface area contributed by atoms with E-state index in [1.165, 1.54) is 6.33 Å². The number of amides is 1. The van der Waals surface area contributed by atoms with E-state index in [1.807, 2.05) is 17.9 Å². The second-order valence-corrected chi connectivity index (χ2v) is 11.0. The van der Waals surface area contributed by atoms with Crippen LogP contribution in [0.3, 0.4) is 0 Å². The number of rotatable bonds is 9. The molecule has 42 heavy (non-hydrogen) atoms. The zero-order chi connectivity index (χ0) is 29.3. The first-order valence-electron chi connectivity index (χ1n) is 13.5. The number of benzene rings is 2. The first-order valence-corrected chi connectivity index (χ1v) is 13.5. The second-order valence-electron chi connectivity index (χ2n) is 11.0. The Morgan fingerprint density at radius 3 is 2.55 bits per heavy atom. The topological polar surface area (TPSA) is 147 Å². The number of nitrogens with zero attached hydrogens (tertiary/aromatic N) is 9. The molecule has 4 aromatic rings.